The zero-order chi connectivity index (χ0) is 22.2. The molecule has 2 aromatic carbocycles. The van der Waals surface area contributed by atoms with Crippen molar-refractivity contribution in [3.05, 3.63) is 93.9 Å². The van der Waals surface area contributed by atoms with E-state index in [9.17, 15) is 0 Å². The van der Waals surface area contributed by atoms with E-state index >= 15 is 0 Å². The Morgan fingerprint density at radius 1 is 1.00 bits per heavy atom. The first-order valence-corrected chi connectivity index (χ1v) is 11.0. The van der Waals surface area contributed by atoms with Crippen LogP contribution < -0.4 is 4.74 Å². The third-order valence-corrected chi connectivity index (χ3v) is 5.56. The molecular formula is C24H22Cl2N4O2. The average molecular weight is 469 g/mol. The fourth-order valence-corrected chi connectivity index (χ4v) is 3.42. The number of aryl methyl sites for hydroxylation is 2. The molecular weight excluding hydrogens is 447 g/mol. The minimum absolute atomic E-state index is 0.335. The lowest BCUT2D eigenvalue weighted by Gasteiger charge is -2.06. The van der Waals surface area contributed by atoms with Gasteiger partial charge in [0.05, 0.1) is 16.2 Å². The average Bonchev–Trinajstić information content (AvgIpc) is 3.49. The molecule has 6 nitrogen and oxygen atoms in total. The molecule has 0 saturated heterocycles. The summed E-state index contributed by atoms with van der Waals surface area (Å²) in [5, 5.41) is 8.82. The van der Waals surface area contributed by atoms with Crippen molar-refractivity contribution in [3.63, 3.8) is 0 Å². The molecule has 0 saturated carbocycles. The van der Waals surface area contributed by atoms with E-state index < -0.39 is 0 Å². The maximum absolute atomic E-state index is 6.03. The van der Waals surface area contributed by atoms with Gasteiger partial charge in [-0.3, -0.25) is 4.68 Å². The number of rotatable bonds is 10. The molecule has 2 heterocycles. The molecule has 0 aliphatic rings. The minimum Gasteiger partial charge on any atom is -0.487 e. The van der Waals surface area contributed by atoms with Gasteiger partial charge in [0, 0.05) is 18.8 Å². The first-order chi connectivity index (χ1) is 15.7. The molecule has 4 rings (SSSR count). The number of oxazole rings is 1. The molecule has 0 amide bonds. The summed E-state index contributed by atoms with van der Waals surface area (Å²) in [5.74, 6) is 1.29. The summed E-state index contributed by atoms with van der Waals surface area (Å²) in [6.45, 7) is 1.23. The number of hydrogen-bond donors (Lipinski definition) is 0. The van der Waals surface area contributed by atoms with Crippen LogP contribution in [0.1, 0.15) is 35.6 Å². The lowest BCUT2D eigenvalue weighted by atomic mass is 10.1. The largest absolute Gasteiger partial charge is 0.487 e. The second-order valence-corrected chi connectivity index (χ2v) is 8.05. The third kappa shape index (κ3) is 6.45. The van der Waals surface area contributed by atoms with Gasteiger partial charge >= 0.3 is 0 Å². The number of hydrogen-bond acceptors (Lipinski definition) is 5. The van der Waals surface area contributed by atoms with Crippen LogP contribution in [0.15, 0.2) is 65.5 Å². The van der Waals surface area contributed by atoms with E-state index in [1.807, 2.05) is 35.2 Å². The Morgan fingerprint density at radius 3 is 2.66 bits per heavy atom. The smallest absolute Gasteiger partial charge is 0.218 e. The highest BCUT2D eigenvalue weighted by atomic mass is 35.5. The molecule has 2 aromatic heterocycles. The van der Waals surface area contributed by atoms with Gasteiger partial charge in [0.1, 0.15) is 24.3 Å². The Morgan fingerprint density at radius 2 is 1.88 bits per heavy atom. The number of benzene rings is 2. The van der Waals surface area contributed by atoms with Gasteiger partial charge in [-0.15, -0.1) is 5.10 Å². The molecule has 164 valence electrons. The molecule has 0 unspecified atom stereocenters. The van der Waals surface area contributed by atoms with Crippen molar-refractivity contribution < 1.29 is 9.15 Å². The molecule has 4 aromatic rings. The fourth-order valence-electron chi connectivity index (χ4n) is 3.11. The normalized spacial score (nSPS) is 11.3. The highest BCUT2D eigenvalue weighted by molar-refractivity contribution is 6.42. The van der Waals surface area contributed by atoms with Crippen molar-refractivity contribution in [2.75, 3.05) is 0 Å². The highest BCUT2D eigenvalue weighted by Crippen LogP contribution is 2.23. The van der Waals surface area contributed by atoms with Gasteiger partial charge < -0.3 is 9.15 Å². The van der Waals surface area contributed by atoms with E-state index in [-0.39, 0.29) is 0 Å². The predicted molar refractivity (Wildman–Crippen MR) is 126 cm³/mol. The number of halogens is 2. The Labute approximate surface area is 196 Å². The molecule has 0 atom stereocenters. The molecule has 0 fully saturated rings. The van der Waals surface area contributed by atoms with Gasteiger partial charge in [0.15, 0.2) is 0 Å². The van der Waals surface area contributed by atoms with E-state index in [1.165, 1.54) is 5.56 Å². The van der Waals surface area contributed by atoms with E-state index in [0.717, 1.165) is 42.8 Å². The summed E-state index contributed by atoms with van der Waals surface area (Å²) in [6.07, 6.45) is 12.0. The van der Waals surface area contributed by atoms with Crippen molar-refractivity contribution in [2.45, 2.75) is 32.4 Å². The standard InChI is InChI=1S/C24H22Cl2N4O2/c25-22-10-6-19(15-23(22)26)7-11-24-28-20(17-32-24)16-31-21-8-4-18(5-9-21)3-1-2-13-30-14-12-27-29-30/h4-12,14-15,17H,1-3,13,16H2/b11-7+. The molecule has 32 heavy (non-hydrogen) atoms. The van der Waals surface area contributed by atoms with Gasteiger partial charge in [-0.25, -0.2) is 4.98 Å². The summed E-state index contributed by atoms with van der Waals surface area (Å²) in [6, 6.07) is 13.6. The number of unbranched alkanes of at least 4 members (excludes halogenated alkanes) is 1. The fraction of sp³-hybridized carbons (Fsp3) is 0.208. The van der Waals surface area contributed by atoms with Gasteiger partial charge in [-0.2, -0.15) is 0 Å². The Bertz CT molecular complexity index is 1160. The molecule has 8 heteroatoms. The van der Waals surface area contributed by atoms with Crippen LogP contribution in [0.2, 0.25) is 10.0 Å². The monoisotopic (exact) mass is 468 g/mol. The second-order valence-electron chi connectivity index (χ2n) is 7.24. The van der Waals surface area contributed by atoms with Gasteiger partial charge in [0.25, 0.3) is 0 Å². The van der Waals surface area contributed by atoms with Crippen molar-refractivity contribution in [3.8, 4) is 5.75 Å². The summed E-state index contributed by atoms with van der Waals surface area (Å²) >= 11 is 12.0. The van der Waals surface area contributed by atoms with Crippen LogP contribution in [-0.4, -0.2) is 20.0 Å². The van der Waals surface area contributed by atoms with Crippen molar-refractivity contribution in [2.24, 2.45) is 0 Å². The summed E-state index contributed by atoms with van der Waals surface area (Å²) < 4.78 is 13.2. The quantitative estimate of drug-likeness (QED) is 0.254. The summed E-state index contributed by atoms with van der Waals surface area (Å²) in [7, 11) is 0. The van der Waals surface area contributed by atoms with Crippen molar-refractivity contribution >= 4 is 35.4 Å². The first kappa shape index (κ1) is 22.1. The van der Waals surface area contributed by atoms with Crippen molar-refractivity contribution in [1.29, 1.82) is 0 Å². The zero-order valence-corrected chi connectivity index (χ0v) is 18.8. The Balaban J connectivity index is 1.22. The lowest BCUT2D eigenvalue weighted by molar-refractivity contribution is 0.301. The van der Waals surface area contributed by atoms with E-state index in [2.05, 4.69) is 27.4 Å². The Kier molecular flexibility index (Phi) is 7.59. The molecule has 0 spiro atoms. The first-order valence-electron chi connectivity index (χ1n) is 10.3. The van der Waals surface area contributed by atoms with Crippen LogP contribution in [0.4, 0.5) is 0 Å². The molecule has 0 aliphatic heterocycles. The molecule has 0 aliphatic carbocycles. The summed E-state index contributed by atoms with van der Waals surface area (Å²) in [4.78, 5) is 4.42. The van der Waals surface area contributed by atoms with Crippen LogP contribution in [0.25, 0.3) is 12.2 Å². The van der Waals surface area contributed by atoms with E-state index in [0.29, 0.717) is 22.5 Å². The van der Waals surface area contributed by atoms with Gasteiger partial charge in [-0.05, 0) is 60.7 Å². The Hall–Kier alpha value is -3.09. The predicted octanol–water partition coefficient (Wildman–Crippen LogP) is 6.35. The third-order valence-electron chi connectivity index (χ3n) is 4.82. The van der Waals surface area contributed by atoms with Gasteiger partial charge in [-0.1, -0.05) is 46.6 Å². The minimum atomic E-state index is 0.335. The van der Waals surface area contributed by atoms with Crippen LogP contribution in [0.5, 0.6) is 5.75 Å². The second kappa shape index (κ2) is 11.0. The van der Waals surface area contributed by atoms with Crippen LogP contribution >= 0.6 is 23.2 Å². The topological polar surface area (TPSA) is 66.0 Å². The number of nitrogens with zero attached hydrogens (tertiary/aromatic N) is 4. The summed E-state index contributed by atoms with van der Waals surface area (Å²) in [5.41, 5.74) is 2.91. The number of ether oxygens (including phenoxy) is 1. The maximum atomic E-state index is 6.03. The van der Waals surface area contributed by atoms with Crippen LogP contribution in [0.3, 0.4) is 0 Å². The maximum Gasteiger partial charge on any atom is 0.218 e. The molecule has 0 bridgehead atoms. The lowest BCUT2D eigenvalue weighted by Crippen LogP contribution is -1.99. The van der Waals surface area contributed by atoms with Crippen molar-refractivity contribution in [1.82, 2.24) is 20.0 Å². The van der Waals surface area contributed by atoms with Gasteiger partial charge in [0.2, 0.25) is 5.89 Å². The van der Waals surface area contributed by atoms with Crippen LogP contribution in [-0.2, 0) is 19.6 Å². The SMILES string of the molecule is Clc1ccc(/C=C/c2nc(COc3ccc(CCCCn4ccnn4)cc3)co2)cc1Cl. The molecule has 0 N–H and O–H groups in total. The van der Waals surface area contributed by atoms with Crippen LogP contribution in [0, 0.1) is 0 Å². The van der Waals surface area contributed by atoms with E-state index in [1.54, 1.807) is 30.7 Å². The highest BCUT2D eigenvalue weighted by Gasteiger charge is 2.04. The van der Waals surface area contributed by atoms with E-state index in [4.69, 9.17) is 32.4 Å². The zero-order valence-electron chi connectivity index (χ0n) is 17.3. The molecule has 0 radical (unpaired) electrons. The number of aromatic nitrogens is 4.